The summed E-state index contributed by atoms with van der Waals surface area (Å²) in [4.78, 5) is 21.2. The SMILES string of the molecule is O=C(O)c1ccc(Nc2ccccc2Cl)c([N+](=O)[O-])c1. The molecule has 0 unspecified atom stereocenters. The van der Waals surface area contributed by atoms with E-state index in [9.17, 15) is 14.9 Å². The predicted octanol–water partition coefficient (Wildman–Crippen LogP) is 3.69. The number of anilines is 2. The Labute approximate surface area is 118 Å². The molecule has 7 heteroatoms. The fourth-order valence-corrected chi connectivity index (χ4v) is 1.81. The van der Waals surface area contributed by atoms with Crippen molar-refractivity contribution in [3.05, 3.63) is 63.2 Å². The summed E-state index contributed by atoms with van der Waals surface area (Å²) in [5.41, 5.74) is 0.194. The van der Waals surface area contributed by atoms with E-state index >= 15 is 0 Å². The smallest absolute Gasteiger partial charge is 0.335 e. The average Bonchev–Trinajstić information content (AvgIpc) is 2.41. The van der Waals surface area contributed by atoms with E-state index in [-0.39, 0.29) is 16.9 Å². The van der Waals surface area contributed by atoms with E-state index in [4.69, 9.17) is 16.7 Å². The zero-order chi connectivity index (χ0) is 14.7. The van der Waals surface area contributed by atoms with Crippen LogP contribution in [0.3, 0.4) is 0 Å². The molecule has 0 aromatic heterocycles. The standard InChI is InChI=1S/C13H9ClN2O4/c14-9-3-1-2-4-10(9)15-11-6-5-8(13(17)18)7-12(11)16(19)20/h1-7,15H,(H,17,18). The van der Waals surface area contributed by atoms with Gasteiger partial charge in [0.05, 0.1) is 21.2 Å². The van der Waals surface area contributed by atoms with Crippen LogP contribution in [0.25, 0.3) is 0 Å². The molecule has 0 fully saturated rings. The minimum atomic E-state index is -1.22. The zero-order valence-electron chi connectivity index (χ0n) is 10.0. The largest absolute Gasteiger partial charge is 0.478 e. The second-order valence-electron chi connectivity index (χ2n) is 3.90. The Morgan fingerprint density at radius 2 is 1.90 bits per heavy atom. The number of rotatable bonds is 4. The molecule has 2 aromatic rings. The molecule has 0 aliphatic rings. The first-order valence-corrected chi connectivity index (χ1v) is 5.90. The van der Waals surface area contributed by atoms with Gasteiger partial charge in [0, 0.05) is 6.07 Å². The Morgan fingerprint density at radius 3 is 2.50 bits per heavy atom. The lowest BCUT2D eigenvalue weighted by Crippen LogP contribution is -2.02. The molecule has 0 amide bonds. The van der Waals surface area contributed by atoms with Gasteiger partial charge in [-0.1, -0.05) is 23.7 Å². The third-order valence-corrected chi connectivity index (χ3v) is 2.91. The van der Waals surface area contributed by atoms with Gasteiger partial charge >= 0.3 is 5.97 Å². The lowest BCUT2D eigenvalue weighted by atomic mass is 10.1. The Balaban J connectivity index is 2.44. The fourth-order valence-electron chi connectivity index (χ4n) is 1.63. The van der Waals surface area contributed by atoms with Crippen molar-refractivity contribution >= 4 is 34.6 Å². The van der Waals surface area contributed by atoms with Crippen molar-refractivity contribution in [1.29, 1.82) is 0 Å². The Morgan fingerprint density at radius 1 is 1.20 bits per heavy atom. The first kappa shape index (κ1) is 13.8. The summed E-state index contributed by atoms with van der Waals surface area (Å²) in [6.07, 6.45) is 0. The third kappa shape index (κ3) is 2.86. The zero-order valence-corrected chi connectivity index (χ0v) is 10.8. The monoisotopic (exact) mass is 292 g/mol. The highest BCUT2D eigenvalue weighted by Crippen LogP contribution is 2.31. The van der Waals surface area contributed by atoms with Crippen molar-refractivity contribution in [3.63, 3.8) is 0 Å². The predicted molar refractivity (Wildman–Crippen MR) is 74.8 cm³/mol. The van der Waals surface area contributed by atoms with Crippen molar-refractivity contribution < 1.29 is 14.8 Å². The van der Waals surface area contributed by atoms with Crippen LogP contribution >= 0.6 is 11.6 Å². The molecule has 0 saturated heterocycles. The van der Waals surface area contributed by atoms with Crippen molar-refractivity contribution in [1.82, 2.24) is 0 Å². The van der Waals surface area contributed by atoms with E-state index < -0.39 is 10.9 Å². The summed E-state index contributed by atoms with van der Waals surface area (Å²) in [6, 6.07) is 10.4. The first-order valence-electron chi connectivity index (χ1n) is 5.52. The van der Waals surface area contributed by atoms with Gasteiger partial charge in [0.25, 0.3) is 5.69 Å². The van der Waals surface area contributed by atoms with Crippen LogP contribution < -0.4 is 5.32 Å². The van der Waals surface area contributed by atoms with Crippen LogP contribution in [0.2, 0.25) is 5.02 Å². The van der Waals surface area contributed by atoms with Gasteiger partial charge in [-0.3, -0.25) is 10.1 Å². The van der Waals surface area contributed by atoms with Crippen LogP contribution in [0.15, 0.2) is 42.5 Å². The van der Waals surface area contributed by atoms with Gasteiger partial charge < -0.3 is 10.4 Å². The number of carboxylic acid groups (broad SMARTS) is 1. The van der Waals surface area contributed by atoms with E-state index in [0.717, 1.165) is 6.07 Å². The molecular weight excluding hydrogens is 284 g/mol. The van der Waals surface area contributed by atoms with E-state index in [0.29, 0.717) is 10.7 Å². The first-order chi connectivity index (χ1) is 9.49. The van der Waals surface area contributed by atoms with Crippen LogP contribution in [0.1, 0.15) is 10.4 Å². The van der Waals surface area contributed by atoms with Crippen molar-refractivity contribution in [2.75, 3.05) is 5.32 Å². The molecule has 0 radical (unpaired) electrons. The van der Waals surface area contributed by atoms with Crippen molar-refractivity contribution in [3.8, 4) is 0 Å². The summed E-state index contributed by atoms with van der Waals surface area (Å²) in [5.74, 6) is -1.22. The maximum absolute atomic E-state index is 11.0. The van der Waals surface area contributed by atoms with Crippen LogP contribution in [-0.2, 0) is 0 Å². The Bertz CT molecular complexity index is 688. The van der Waals surface area contributed by atoms with Gasteiger partial charge in [-0.2, -0.15) is 0 Å². The molecule has 2 N–H and O–H groups in total. The fraction of sp³-hybridized carbons (Fsp3) is 0. The van der Waals surface area contributed by atoms with Gasteiger partial charge in [-0.05, 0) is 24.3 Å². The van der Waals surface area contributed by atoms with Crippen LogP contribution in [0.5, 0.6) is 0 Å². The number of nitro groups is 1. The summed E-state index contributed by atoms with van der Waals surface area (Å²) in [6.45, 7) is 0. The average molecular weight is 293 g/mol. The Hall–Kier alpha value is -2.60. The molecule has 102 valence electrons. The number of halogens is 1. The van der Waals surface area contributed by atoms with Crippen molar-refractivity contribution in [2.24, 2.45) is 0 Å². The molecule has 20 heavy (non-hydrogen) atoms. The van der Waals surface area contributed by atoms with Crippen LogP contribution in [0.4, 0.5) is 17.1 Å². The third-order valence-electron chi connectivity index (χ3n) is 2.58. The molecule has 0 heterocycles. The number of aromatic carboxylic acids is 1. The lowest BCUT2D eigenvalue weighted by Gasteiger charge is -2.09. The number of nitrogens with zero attached hydrogens (tertiary/aromatic N) is 1. The highest BCUT2D eigenvalue weighted by molar-refractivity contribution is 6.33. The van der Waals surface area contributed by atoms with Gasteiger partial charge in [0.2, 0.25) is 0 Å². The minimum Gasteiger partial charge on any atom is -0.478 e. The van der Waals surface area contributed by atoms with Crippen LogP contribution in [-0.4, -0.2) is 16.0 Å². The van der Waals surface area contributed by atoms with Crippen molar-refractivity contribution in [2.45, 2.75) is 0 Å². The normalized spacial score (nSPS) is 10.1. The number of nitrogens with one attached hydrogen (secondary N) is 1. The number of benzene rings is 2. The summed E-state index contributed by atoms with van der Waals surface area (Å²) >= 11 is 5.96. The molecule has 0 spiro atoms. The topological polar surface area (TPSA) is 92.5 Å². The van der Waals surface area contributed by atoms with Gasteiger partial charge in [-0.25, -0.2) is 4.79 Å². The number of carbonyl (C=O) groups is 1. The Kier molecular flexibility index (Phi) is 3.86. The minimum absolute atomic E-state index is 0.151. The maximum Gasteiger partial charge on any atom is 0.335 e. The summed E-state index contributed by atoms with van der Waals surface area (Å²) < 4.78 is 0. The number of para-hydroxylation sites is 1. The van der Waals surface area contributed by atoms with Gasteiger partial charge in [-0.15, -0.1) is 0 Å². The lowest BCUT2D eigenvalue weighted by molar-refractivity contribution is -0.383. The van der Waals surface area contributed by atoms with Crippen LogP contribution in [0, 0.1) is 10.1 Å². The summed E-state index contributed by atoms with van der Waals surface area (Å²) in [5, 5.41) is 23.1. The highest BCUT2D eigenvalue weighted by Gasteiger charge is 2.17. The van der Waals surface area contributed by atoms with Gasteiger partial charge in [0.15, 0.2) is 0 Å². The molecule has 6 nitrogen and oxygen atoms in total. The molecule has 2 aromatic carbocycles. The number of nitro benzene ring substituents is 1. The van der Waals surface area contributed by atoms with E-state index in [1.165, 1.54) is 12.1 Å². The van der Waals surface area contributed by atoms with E-state index in [1.54, 1.807) is 24.3 Å². The molecular formula is C13H9ClN2O4. The number of hydrogen-bond acceptors (Lipinski definition) is 4. The van der Waals surface area contributed by atoms with E-state index in [2.05, 4.69) is 5.32 Å². The number of carboxylic acids is 1. The molecule has 0 saturated carbocycles. The maximum atomic E-state index is 11.0. The van der Waals surface area contributed by atoms with Gasteiger partial charge in [0.1, 0.15) is 5.69 Å². The molecule has 0 aliphatic heterocycles. The molecule has 0 atom stereocenters. The quantitative estimate of drug-likeness (QED) is 0.662. The highest BCUT2D eigenvalue weighted by atomic mass is 35.5. The van der Waals surface area contributed by atoms with E-state index in [1.807, 2.05) is 0 Å². The molecule has 0 aliphatic carbocycles. The second kappa shape index (κ2) is 5.58. The summed E-state index contributed by atoms with van der Waals surface area (Å²) in [7, 11) is 0. The molecule has 2 rings (SSSR count). The molecule has 0 bridgehead atoms. The number of hydrogen-bond donors (Lipinski definition) is 2. The second-order valence-corrected chi connectivity index (χ2v) is 4.31.